The topological polar surface area (TPSA) is 45.8 Å². The molecule has 118 valence electrons. The lowest BCUT2D eigenvalue weighted by atomic mass is 10.1. The Kier molecular flexibility index (Phi) is 5.13. The number of Topliss-reactive ketones (excluding diaryl/α,β-unsaturated/α-hetero) is 1. The Labute approximate surface area is 140 Å². The summed E-state index contributed by atoms with van der Waals surface area (Å²) in [6.07, 6.45) is 1.87. The molecule has 0 aliphatic rings. The lowest BCUT2D eigenvalue weighted by molar-refractivity contribution is 0.102. The van der Waals surface area contributed by atoms with Gasteiger partial charge < -0.3 is 4.98 Å². The molecule has 1 aromatic heterocycles. The molecular weight excluding hydrogens is 304 g/mol. The van der Waals surface area contributed by atoms with Gasteiger partial charge in [0, 0.05) is 12.0 Å². The van der Waals surface area contributed by atoms with Gasteiger partial charge in [0.2, 0.25) is 0 Å². The van der Waals surface area contributed by atoms with Crippen molar-refractivity contribution in [1.82, 2.24) is 9.97 Å². The number of carbonyl (C=O) groups is 1. The molecule has 0 radical (unpaired) electrons. The number of benzene rings is 2. The molecule has 0 unspecified atom stereocenters. The van der Waals surface area contributed by atoms with Crippen LogP contribution in [0.3, 0.4) is 0 Å². The van der Waals surface area contributed by atoms with Crippen LogP contribution in [0, 0.1) is 0 Å². The van der Waals surface area contributed by atoms with Gasteiger partial charge in [-0.05, 0) is 35.9 Å². The third-order valence-corrected chi connectivity index (χ3v) is 4.81. The smallest absolute Gasteiger partial charge is 0.172 e. The summed E-state index contributed by atoms with van der Waals surface area (Å²) in [5.74, 6) is 2.68. The molecular formula is C19H20N2OS. The highest BCUT2D eigenvalue weighted by molar-refractivity contribution is 7.99. The van der Waals surface area contributed by atoms with Gasteiger partial charge in [-0.3, -0.25) is 4.79 Å². The van der Waals surface area contributed by atoms with Crippen LogP contribution in [0.4, 0.5) is 0 Å². The number of nitrogens with one attached hydrogen (secondary N) is 1. The van der Waals surface area contributed by atoms with Gasteiger partial charge in [-0.25, -0.2) is 4.98 Å². The number of ketones is 1. The van der Waals surface area contributed by atoms with Crippen molar-refractivity contribution in [1.29, 1.82) is 0 Å². The molecule has 2 aromatic carbocycles. The predicted octanol–water partition coefficient (Wildman–Crippen LogP) is 4.48. The first kappa shape index (κ1) is 15.8. The van der Waals surface area contributed by atoms with Crippen LogP contribution in [-0.4, -0.2) is 27.3 Å². The van der Waals surface area contributed by atoms with Gasteiger partial charge in [0.25, 0.3) is 0 Å². The first-order chi connectivity index (χ1) is 11.3. The van der Waals surface area contributed by atoms with Crippen LogP contribution in [0.15, 0.2) is 48.5 Å². The molecule has 4 heteroatoms. The first-order valence-electron chi connectivity index (χ1n) is 7.90. The number of hydrogen-bond acceptors (Lipinski definition) is 3. The normalized spacial score (nSPS) is 11.0. The van der Waals surface area contributed by atoms with E-state index in [1.54, 1.807) is 11.8 Å². The van der Waals surface area contributed by atoms with Gasteiger partial charge in [0.05, 0.1) is 16.8 Å². The lowest BCUT2D eigenvalue weighted by Gasteiger charge is -2.00. The number of thioether (sulfide) groups is 1. The SMILES string of the molecule is CCCSCC(=O)c1ccc2nc(Cc3ccccc3)[nH]c2c1. The molecule has 1 heterocycles. The maximum absolute atomic E-state index is 12.2. The molecule has 0 aliphatic carbocycles. The summed E-state index contributed by atoms with van der Waals surface area (Å²) in [7, 11) is 0. The van der Waals surface area contributed by atoms with E-state index in [2.05, 4.69) is 29.0 Å². The number of nitrogens with zero attached hydrogens (tertiary/aromatic N) is 1. The van der Waals surface area contributed by atoms with E-state index in [1.807, 2.05) is 36.4 Å². The molecule has 0 fully saturated rings. The quantitative estimate of drug-likeness (QED) is 0.515. The number of carbonyl (C=O) groups excluding carboxylic acids is 1. The summed E-state index contributed by atoms with van der Waals surface area (Å²) in [6, 6.07) is 16.0. The van der Waals surface area contributed by atoms with E-state index in [0.717, 1.165) is 41.0 Å². The Morgan fingerprint density at radius 3 is 2.78 bits per heavy atom. The molecule has 3 aromatic rings. The van der Waals surface area contributed by atoms with E-state index in [0.29, 0.717) is 5.75 Å². The summed E-state index contributed by atoms with van der Waals surface area (Å²) in [5.41, 5.74) is 3.82. The summed E-state index contributed by atoms with van der Waals surface area (Å²) in [4.78, 5) is 20.2. The number of rotatable bonds is 7. The van der Waals surface area contributed by atoms with Gasteiger partial charge in [0.1, 0.15) is 5.82 Å². The Bertz CT molecular complexity index is 795. The molecule has 0 saturated heterocycles. The third-order valence-electron chi connectivity index (χ3n) is 3.65. The van der Waals surface area contributed by atoms with Crippen LogP contribution >= 0.6 is 11.8 Å². The first-order valence-corrected chi connectivity index (χ1v) is 9.05. The van der Waals surface area contributed by atoms with Crippen molar-refractivity contribution < 1.29 is 4.79 Å². The summed E-state index contributed by atoms with van der Waals surface area (Å²) in [5, 5.41) is 0. The molecule has 23 heavy (non-hydrogen) atoms. The van der Waals surface area contributed by atoms with E-state index in [9.17, 15) is 4.79 Å². The van der Waals surface area contributed by atoms with Gasteiger partial charge in [0.15, 0.2) is 5.78 Å². The molecule has 3 rings (SSSR count). The summed E-state index contributed by atoms with van der Waals surface area (Å²) >= 11 is 1.69. The number of hydrogen-bond donors (Lipinski definition) is 1. The molecule has 0 bridgehead atoms. The highest BCUT2D eigenvalue weighted by atomic mass is 32.2. The average molecular weight is 324 g/mol. The summed E-state index contributed by atoms with van der Waals surface area (Å²) in [6.45, 7) is 2.13. The predicted molar refractivity (Wildman–Crippen MR) is 97.3 cm³/mol. The van der Waals surface area contributed by atoms with E-state index < -0.39 is 0 Å². The van der Waals surface area contributed by atoms with Crippen LogP contribution in [0.1, 0.15) is 35.1 Å². The minimum absolute atomic E-state index is 0.185. The molecule has 0 aliphatic heterocycles. The zero-order valence-corrected chi connectivity index (χ0v) is 14.0. The van der Waals surface area contributed by atoms with Crippen molar-refractivity contribution >= 4 is 28.6 Å². The second kappa shape index (κ2) is 7.47. The molecule has 0 atom stereocenters. The minimum Gasteiger partial charge on any atom is -0.342 e. The largest absolute Gasteiger partial charge is 0.342 e. The zero-order valence-electron chi connectivity index (χ0n) is 13.2. The molecule has 0 amide bonds. The van der Waals surface area contributed by atoms with Gasteiger partial charge in [-0.1, -0.05) is 37.3 Å². The van der Waals surface area contributed by atoms with Crippen molar-refractivity contribution in [3.63, 3.8) is 0 Å². The Balaban J connectivity index is 1.76. The van der Waals surface area contributed by atoms with Crippen LogP contribution in [0.25, 0.3) is 11.0 Å². The van der Waals surface area contributed by atoms with E-state index in [4.69, 9.17) is 0 Å². The van der Waals surface area contributed by atoms with Crippen molar-refractivity contribution in [2.45, 2.75) is 19.8 Å². The van der Waals surface area contributed by atoms with E-state index in [1.165, 1.54) is 5.56 Å². The lowest BCUT2D eigenvalue weighted by Crippen LogP contribution is -2.02. The van der Waals surface area contributed by atoms with Crippen LogP contribution in [0.5, 0.6) is 0 Å². The maximum Gasteiger partial charge on any atom is 0.172 e. The zero-order chi connectivity index (χ0) is 16.1. The number of aromatic nitrogens is 2. The van der Waals surface area contributed by atoms with Crippen LogP contribution in [-0.2, 0) is 6.42 Å². The maximum atomic E-state index is 12.2. The fraction of sp³-hybridized carbons (Fsp3) is 0.263. The number of H-pyrrole nitrogens is 1. The van der Waals surface area contributed by atoms with Crippen LogP contribution < -0.4 is 0 Å². The highest BCUT2D eigenvalue weighted by Crippen LogP contribution is 2.17. The Morgan fingerprint density at radius 1 is 1.17 bits per heavy atom. The van der Waals surface area contributed by atoms with Crippen molar-refractivity contribution in [3.05, 3.63) is 65.5 Å². The van der Waals surface area contributed by atoms with Gasteiger partial charge in [-0.15, -0.1) is 0 Å². The molecule has 3 nitrogen and oxygen atoms in total. The van der Waals surface area contributed by atoms with E-state index >= 15 is 0 Å². The highest BCUT2D eigenvalue weighted by Gasteiger charge is 2.09. The third kappa shape index (κ3) is 4.02. The fourth-order valence-electron chi connectivity index (χ4n) is 2.50. The van der Waals surface area contributed by atoms with Gasteiger partial charge in [-0.2, -0.15) is 11.8 Å². The average Bonchev–Trinajstić information content (AvgIpc) is 2.97. The molecule has 0 spiro atoms. The van der Waals surface area contributed by atoms with E-state index in [-0.39, 0.29) is 5.78 Å². The van der Waals surface area contributed by atoms with Crippen molar-refractivity contribution in [2.75, 3.05) is 11.5 Å². The summed E-state index contributed by atoms with van der Waals surface area (Å²) < 4.78 is 0. The van der Waals surface area contributed by atoms with Gasteiger partial charge >= 0.3 is 0 Å². The molecule has 1 N–H and O–H groups in total. The fourth-order valence-corrected chi connectivity index (χ4v) is 3.29. The minimum atomic E-state index is 0.185. The second-order valence-electron chi connectivity index (χ2n) is 5.55. The molecule has 0 saturated carbocycles. The van der Waals surface area contributed by atoms with Crippen molar-refractivity contribution in [2.24, 2.45) is 0 Å². The van der Waals surface area contributed by atoms with Crippen molar-refractivity contribution in [3.8, 4) is 0 Å². The Morgan fingerprint density at radius 2 is 2.00 bits per heavy atom. The number of fused-ring (bicyclic) bond motifs is 1. The monoisotopic (exact) mass is 324 g/mol. The Hall–Kier alpha value is -2.07. The number of imidazole rings is 1. The van der Waals surface area contributed by atoms with Crippen LogP contribution in [0.2, 0.25) is 0 Å². The standard InChI is InChI=1S/C19H20N2OS/c1-2-10-23-13-18(22)15-8-9-16-17(12-15)21-19(20-16)11-14-6-4-3-5-7-14/h3-9,12H,2,10-11,13H2,1H3,(H,20,21). The second-order valence-corrected chi connectivity index (χ2v) is 6.66. The number of aromatic amines is 1.